The zero-order valence-electron chi connectivity index (χ0n) is 11.1. The minimum absolute atomic E-state index is 0.0623. The molecule has 1 aromatic carbocycles. The molecule has 1 amide bonds. The molecule has 0 spiro atoms. The lowest BCUT2D eigenvalue weighted by molar-refractivity contribution is -0.131. The van der Waals surface area contributed by atoms with Crippen LogP contribution in [0.15, 0.2) is 24.3 Å². The highest BCUT2D eigenvalue weighted by atomic mass is 19.1. The third-order valence-electron chi connectivity index (χ3n) is 3.18. The first-order valence-corrected chi connectivity index (χ1v) is 6.44. The second kappa shape index (κ2) is 6.63. The molecule has 4 nitrogen and oxygen atoms in total. The maximum absolute atomic E-state index is 12.8. The Morgan fingerprint density at radius 2 is 2.21 bits per heavy atom. The van der Waals surface area contributed by atoms with Crippen molar-refractivity contribution in [3.8, 4) is 0 Å². The zero-order chi connectivity index (χ0) is 13.7. The van der Waals surface area contributed by atoms with Crippen LogP contribution >= 0.6 is 0 Å². The van der Waals surface area contributed by atoms with Crippen LogP contribution in [0.5, 0.6) is 0 Å². The van der Waals surface area contributed by atoms with Crippen molar-refractivity contribution in [3.05, 3.63) is 35.6 Å². The number of nitrogens with zero attached hydrogens (tertiary/aromatic N) is 1. The van der Waals surface area contributed by atoms with Gasteiger partial charge in [-0.3, -0.25) is 4.79 Å². The summed E-state index contributed by atoms with van der Waals surface area (Å²) in [6, 6.07) is 6.30. The van der Waals surface area contributed by atoms with Gasteiger partial charge in [-0.25, -0.2) is 4.39 Å². The Morgan fingerprint density at radius 1 is 1.47 bits per heavy atom. The van der Waals surface area contributed by atoms with Gasteiger partial charge in [0.1, 0.15) is 5.82 Å². The molecule has 0 aliphatic carbocycles. The lowest BCUT2D eigenvalue weighted by atomic mass is 10.1. The van der Waals surface area contributed by atoms with E-state index < -0.39 is 0 Å². The van der Waals surface area contributed by atoms with Gasteiger partial charge in [-0.1, -0.05) is 12.1 Å². The molecular weight excluding hydrogens is 247 g/mol. The molecule has 1 unspecified atom stereocenters. The molecule has 0 radical (unpaired) electrons. The van der Waals surface area contributed by atoms with Crippen LogP contribution in [0.3, 0.4) is 0 Å². The van der Waals surface area contributed by atoms with E-state index in [0.29, 0.717) is 26.2 Å². The van der Waals surface area contributed by atoms with Crippen molar-refractivity contribution in [2.75, 3.05) is 26.8 Å². The van der Waals surface area contributed by atoms with Crippen molar-refractivity contribution in [2.45, 2.75) is 19.0 Å². The maximum Gasteiger partial charge on any atom is 0.224 e. The number of morpholine rings is 1. The number of carbonyl (C=O) groups excluding carboxylic acids is 1. The highest BCUT2D eigenvalue weighted by Gasteiger charge is 2.19. The summed E-state index contributed by atoms with van der Waals surface area (Å²) >= 11 is 0. The number of ether oxygens (including phenoxy) is 1. The first-order valence-electron chi connectivity index (χ1n) is 6.44. The molecule has 1 aromatic rings. The van der Waals surface area contributed by atoms with Crippen LogP contribution in [0.25, 0.3) is 0 Å². The van der Waals surface area contributed by atoms with Crippen molar-refractivity contribution in [2.24, 2.45) is 0 Å². The fraction of sp³-hybridized carbons (Fsp3) is 0.500. The molecule has 5 heteroatoms. The normalized spacial score (nSPS) is 19.2. The molecule has 104 valence electrons. The molecule has 0 saturated carbocycles. The first kappa shape index (κ1) is 14.0. The lowest BCUT2D eigenvalue weighted by Crippen LogP contribution is -2.44. The van der Waals surface area contributed by atoms with Crippen LogP contribution in [0.2, 0.25) is 0 Å². The summed E-state index contributed by atoms with van der Waals surface area (Å²) in [5.41, 5.74) is 0.921. The highest BCUT2D eigenvalue weighted by Crippen LogP contribution is 2.08. The quantitative estimate of drug-likeness (QED) is 0.889. The second-order valence-electron chi connectivity index (χ2n) is 4.81. The Balaban J connectivity index is 1.83. The van der Waals surface area contributed by atoms with Gasteiger partial charge in [0.2, 0.25) is 5.91 Å². The Morgan fingerprint density at radius 3 is 2.84 bits per heavy atom. The minimum Gasteiger partial charge on any atom is -0.378 e. The van der Waals surface area contributed by atoms with E-state index in [0.717, 1.165) is 12.1 Å². The van der Waals surface area contributed by atoms with Crippen LogP contribution in [-0.2, 0) is 16.1 Å². The van der Waals surface area contributed by atoms with E-state index in [9.17, 15) is 9.18 Å². The molecule has 1 aliphatic heterocycles. The number of halogens is 1. The number of nitrogens with one attached hydrogen (secondary N) is 1. The summed E-state index contributed by atoms with van der Waals surface area (Å²) in [6.45, 7) is 2.57. The molecule has 1 atom stereocenters. The van der Waals surface area contributed by atoms with Gasteiger partial charge in [-0.15, -0.1) is 0 Å². The summed E-state index contributed by atoms with van der Waals surface area (Å²) in [7, 11) is 1.76. The molecule has 0 aromatic heterocycles. The number of benzene rings is 1. The largest absolute Gasteiger partial charge is 0.378 e. The Kier molecular flexibility index (Phi) is 4.87. The van der Waals surface area contributed by atoms with Crippen LogP contribution in [0.1, 0.15) is 12.0 Å². The van der Waals surface area contributed by atoms with E-state index in [4.69, 9.17) is 4.74 Å². The predicted octanol–water partition coefficient (Wildman–Crippen LogP) is 1.16. The summed E-state index contributed by atoms with van der Waals surface area (Å²) in [6.07, 6.45) is 0.428. The first-order chi connectivity index (χ1) is 9.15. The van der Waals surface area contributed by atoms with Crippen LogP contribution in [0, 0.1) is 5.82 Å². The lowest BCUT2D eigenvalue weighted by Gasteiger charge is -2.25. The van der Waals surface area contributed by atoms with Crippen molar-refractivity contribution < 1.29 is 13.9 Å². The van der Waals surface area contributed by atoms with Crippen LogP contribution in [0.4, 0.5) is 4.39 Å². The molecule has 1 fully saturated rings. The van der Waals surface area contributed by atoms with E-state index in [1.54, 1.807) is 24.1 Å². The van der Waals surface area contributed by atoms with Gasteiger partial charge in [0, 0.05) is 32.6 Å². The molecule has 19 heavy (non-hydrogen) atoms. The molecule has 2 rings (SSSR count). The van der Waals surface area contributed by atoms with Gasteiger partial charge in [-0.2, -0.15) is 0 Å². The standard InChI is InChI=1S/C14H19FN2O2/c1-17(9-11-2-4-12(15)5-3-11)14(18)8-13-10-19-7-6-16-13/h2-5,13,16H,6-10H2,1H3. The van der Waals surface area contributed by atoms with Gasteiger partial charge >= 0.3 is 0 Å². The van der Waals surface area contributed by atoms with Crippen molar-refractivity contribution in [1.29, 1.82) is 0 Å². The van der Waals surface area contributed by atoms with E-state index in [1.807, 2.05) is 0 Å². The number of hydrogen-bond donors (Lipinski definition) is 1. The average molecular weight is 266 g/mol. The molecule has 1 saturated heterocycles. The summed E-state index contributed by atoms with van der Waals surface area (Å²) in [5, 5.41) is 3.25. The maximum atomic E-state index is 12.8. The number of carbonyl (C=O) groups is 1. The molecule has 1 heterocycles. The number of hydrogen-bond acceptors (Lipinski definition) is 3. The fourth-order valence-corrected chi connectivity index (χ4v) is 2.07. The van der Waals surface area contributed by atoms with Crippen molar-refractivity contribution >= 4 is 5.91 Å². The fourth-order valence-electron chi connectivity index (χ4n) is 2.07. The molecule has 0 bridgehead atoms. The zero-order valence-corrected chi connectivity index (χ0v) is 11.1. The van der Waals surface area contributed by atoms with Gasteiger partial charge in [0.25, 0.3) is 0 Å². The van der Waals surface area contributed by atoms with E-state index >= 15 is 0 Å². The topological polar surface area (TPSA) is 41.6 Å². The van der Waals surface area contributed by atoms with Crippen LogP contribution in [-0.4, -0.2) is 43.7 Å². The highest BCUT2D eigenvalue weighted by molar-refractivity contribution is 5.76. The van der Waals surface area contributed by atoms with Crippen LogP contribution < -0.4 is 5.32 Å². The summed E-state index contributed by atoms with van der Waals surface area (Å²) in [5.74, 6) is -0.200. The van der Waals surface area contributed by atoms with E-state index in [1.165, 1.54) is 12.1 Å². The summed E-state index contributed by atoms with van der Waals surface area (Å²) < 4.78 is 18.1. The molecular formula is C14H19FN2O2. The second-order valence-corrected chi connectivity index (χ2v) is 4.81. The SMILES string of the molecule is CN(Cc1ccc(F)cc1)C(=O)CC1COCCN1. The predicted molar refractivity (Wildman–Crippen MR) is 70.1 cm³/mol. The van der Waals surface area contributed by atoms with Gasteiger partial charge in [0.05, 0.1) is 13.2 Å². The smallest absolute Gasteiger partial charge is 0.224 e. The third-order valence-corrected chi connectivity index (χ3v) is 3.18. The molecule has 1 N–H and O–H groups in total. The average Bonchev–Trinajstić information content (AvgIpc) is 2.42. The monoisotopic (exact) mass is 266 g/mol. The number of amides is 1. The van der Waals surface area contributed by atoms with Gasteiger partial charge in [-0.05, 0) is 17.7 Å². The van der Waals surface area contributed by atoms with Crippen molar-refractivity contribution in [1.82, 2.24) is 10.2 Å². The summed E-state index contributed by atoms with van der Waals surface area (Å²) in [4.78, 5) is 13.7. The van der Waals surface area contributed by atoms with E-state index in [-0.39, 0.29) is 17.8 Å². The minimum atomic E-state index is -0.263. The van der Waals surface area contributed by atoms with Gasteiger partial charge in [0.15, 0.2) is 0 Å². The Hall–Kier alpha value is -1.46. The Bertz CT molecular complexity index is 416. The van der Waals surface area contributed by atoms with E-state index in [2.05, 4.69) is 5.32 Å². The van der Waals surface area contributed by atoms with Gasteiger partial charge < -0.3 is 15.0 Å². The van der Waals surface area contributed by atoms with Crippen molar-refractivity contribution in [3.63, 3.8) is 0 Å². The third kappa shape index (κ3) is 4.29. The Labute approximate surface area is 112 Å². The molecule has 1 aliphatic rings. The number of rotatable bonds is 4.